The number of pyridine rings is 1. The summed E-state index contributed by atoms with van der Waals surface area (Å²) in [6.45, 7) is 1.11. The minimum atomic E-state index is -2.89. The molecule has 0 saturated carbocycles. The Hall–Kier alpha value is -3.49. The minimum absolute atomic E-state index is 0.0451. The SMILES string of the molecule is CC.Fc1cc(-c2cc(-c3ccc(OC(F)F)cc3)nc3ncnn23)ccn1. The van der Waals surface area contributed by atoms with Crippen molar-refractivity contribution in [3.05, 3.63) is 60.9 Å². The van der Waals surface area contributed by atoms with Crippen molar-refractivity contribution in [2.75, 3.05) is 0 Å². The van der Waals surface area contributed by atoms with Crippen LogP contribution in [0.15, 0.2) is 55.0 Å². The lowest BCUT2D eigenvalue weighted by Crippen LogP contribution is -2.02. The van der Waals surface area contributed by atoms with Crippen molar-refractivity contribution < 1.29 is 17.9 Å². The average Bonchev–Trinajstić information content (AvgIpc) is 3.17. The van der Waals surface area contributed by atoms with Crippen LogP contribution in [0.3, 0.4) is 0 Å². The van der Waals surface area contributed by atoms with Gasteiger partial charge in [-0.3, -0.25) is 0 Å². The third-order valence-electron chi connectivity index (χ3n) is 3.65. The van der Waals surface area contributed by atoms with Crippen molar-refractivity contribution in [3.8, 4) is 28.3 Å². The molecule has 0 aliphatic carbocycles. The number of aromatic nitrogens is 5. The molecule has 9 heteroatoms. The standard InChI is InChI=1S/C17H10F3N5O.C2H6/c18-15-7-11(5-6-21-15)14-8-13(24-17-22-9-23-25(14)17)10-1-3-12(4-2-10)26-16(19)20;1-2/h1-9,16H;1-2H3. The Balaban J connectivity index is 0.00000109. The lowest BCUT2D eigenvalue weighted by atomic mass is 10.1. The Morgan fingerprint density at radius 1 is 0.964 bits per heavy atom. The molecule has 6 nitrogen and oxygen atoms in total. The first-order valence-corrected chi connectivity index (χ1v) is 8.48. The Kier molecular flexibility index (Phi) is 5.83. The normalized spacial score (nSPS) is 10.6. The molecule has 0 unspecified atom stereocenters. The average molecular weight is 387 g/mol. The van der Waals surface area contributed by atoms with Crippen LogP contribution in [-0.2, 0) is 0 Å². The van der Waals surface area contributed by atoms with Gasteiger partial charge in [0.2, 0.25) is 5.95 Å². The molecule has 0 aliphatic heterocycles. The number of fused-ring (bicyclic) bond motifs is 1. The van der Waals surface area contributed by atoms with Crippen LogP contribution in [0.1, 0.15) is 13.8 Å². The zero-order valence-corrected chi connectivity index (χ0v) is 15.1. The molecule has 0 bridgehead atoms. The van der Waals surface area contributed by atoms with E-state index >= 15 is 0 Å². The first-order valence-electron chi connectivity index (χ1n) is 8.48. The summed E-state index contributed by atoms with van der Waals surface area (Å²) in [4.78, 5) is 12.0. The molecule has 144 valence electrons. The summed E-state index contributed by atoms with van der Waals surface area (Å²) in [7, 11) is 0. The third-order valence-corrected chi connectivity index (χ3v) is 3.65. The topological polar surface area (TPSA) is 65.2 Å². The maximum atomic E-state index is 13.5. The van der Waals surface area contributed by atoms with E-state index in [4.69, 9.17) is 0 Å². The molecule has 3 heterocycles. The third kappa shape index (κ3) is 4.08. The Morgan fingerprint density at radius 2 is 1.71 bits per heavy atom. The summed E-state index contributed by atoms with van der Waals surface area (Å²) >= 11 is 0. The fraction of sp³-hybridized carbons (Fsp3) is 0.158. The Bertz CT molecular complexity index is 1070. The van der Waals surface area contributed by atoms with Crippen LogP contribution in [0, 0.1) is 5.95 Å². The summed E-state index contributed by atoms with van der Waals surface area (Å²) < 4.78 is 43.9. The smallest absolute Gasteiger partial charge is 0.387 e. The lowest BCUT2D eigenvalue weighted by Gasteiger charge is -2.09. The van der Waals surface area contributed by atoms with Gasteiger partial charge in [0.15, 0.2) is 0 Å². The van der Waals surface area contributed by atoms with E-state index in [1.807, 2.05) is 13.8 Å². The van der Waals surface area contributed by atoms with E-state index in [0.29, 0.717) is 28.3 Å². The number of hydrogen-bond donors (Lipinski definition) is 0. The van der Waals surface area contributed by atoms with E-state index in [-0.39, 0.29) is 5.75 Å². The van der Waals surface area contributed by atoms with Crippen LogP contribution in [0.25, 0.3) is 28.3 Å². The predicted octanol–water partition coefficient (Wildman–Crippen LogP) is 4.62. The van der Waals surface area contributed by atoms with Gasteiger partial charge in [-0.1, -0.05) is 13.8 Å². The molecule has 0 radical (unpaired) electrons. The van der Waals surface area contributed by atoms with E-state index in [2.05, 4.69) is 24.8 Å². The van der Waals surface area contributed by atoms with Crippen molar-refractivity contribution >= 4 is 5.78 Å². The fourth-order valence-electron chi connectivity index (χ4n) is 2.53. The first kappa shape index (κ1) is 19.3. The summed E-state index contributed by atoms with van der Waals surface area (Å²) in [6, 6.07) is 10.7. The largest absolute Gasteiger partial charge is 0.435 e. The van der Waals surface area contributed by atoms with Gasteiger partial charge in [-0.15, -0.1) is 0 Å². The van der Waals surface area contributed by atoms with Crippen molar-refractivity contribution in [2.24, 2.45) is 0 Å². The number of ether oxygens (including phenoxy) is 1. The van der Waals surface area contributed by atoms with Crippen LogP contribution >= 0.6 is 0 Å². The lowest BCUT2D eigenvalue weighted by molar-refractivity contribution is -0.0498. The van der Waals surface area contributed by atoms with Crippen LogP contribution < -0.4 is 4.74 Å². The number of rotatable bonds is 4. The van der Waals surface area contributed by atoms with Crippen molar-refractivity contribution in [2.45, 2.75) is 20.5 Å². The number of nitrogens with zero attached hydrogens (tertiary/aromatic N) is 5. The van der Waals surface area contributed by atoms with Gasteiger partial charge in [-0.05, 0) is 36.4 Å². The van der Waals surface area contributed by atoms with Gasteiger partial charge < -0.3 is 4.74 Å². The van der Waals surface area contributed by atoms with E-state index in [1.54, 1.807) is 24.3 Å². The van der Waals surface area contributed by atoms with Crippen molar-refractivity contribution in [1.82, 2.24) is 24.6 Å². The molecule has 0 amide bonds. The van der Waals surface area contributed by atoms with Crippen LogP contribution in [0.5, 0.6) is 5.75 Å². The highest BCUT2D eigenvalue weighted by Crippen LogP contribution is 2.27. The van der Waals surface area contributed by atoms with E-state index < -0.39 is 12.6 Å². The van der Waals surface area contributed by atoms with Crippen molar-refractivity contribution in [1.29, 1.82) is 0 Å². The fourth-order valence-corrected chi connectivity index (χ4v) is 2.53. The number of benzene rings is 1. The van der Waals surface area contributed by atoms with Crippen LogP contribution in [0.4, 0.5) is 13.2 Å². The number of alkyl halides is 2. The second kappa shape index (κ2) is 8.47. The summed E-state index contributed by atoms with van der Waals surface area (Å²) in [5, 5.41) is 4.10. The van der Waals surface area contributed by atoms with Crippen molar-refractivity contribution in [3.63, 3.8) is 0 Å². The predicted molar refractivity (Wildman–Crippen MR) is 97.4 cm³/mol. The number of halogens is 3. The molecular formula is C19H16F3N5O. The Labute approximate surface area is 158 Å². The minimum Gasteiger partial charge on any atom is -0.435 e. The molecule has 28 heavy (non-hydrogen) atoms. The van der Waals surface area contributed by atoms with Crippen LogP contribution in [-0.4, -0.2) is 31.2 Å². The van der Waals surface area contributed by atoms with Gasteiger partial charge >= 0.3 is 6.61 Å². The molecular weight excluding hydrogens is 371 g/mol. The van der Waals surface area contributed by atoms with Gasteiger partial charge in [0, 0.05) is 23.4 Å². The van der Waals surface area contributed by atoms with Crippen LogP contribution in [0.2, 0.25) is 0 Å². The molecule has 0 aliphatic rings. The van der Waals surface area contributed by atoms with E-state index in [0.717, 1.165) is 0 Å². The quantitative estimate of drug-likeness (QED) is 0.478. The first-order chi connectivity index (χ1) is 13.6. The van der Waals surface area contributed by atoms with E-state index in [9.17, 15) is 13.2 Å². The maximum Gasteiger partial charge on any atom is 0.387 e. The number of hydrogen-bond acceptors (Lipinski definition) is 5. The molecule has 4 aromatic rings. The molecule has 0 fully saturated rings. The maximum absolute atomic E-state index is 13.5. The highest BCUT2D eigenvalue weighted by molar-refractivity contribution is 5.70. The second-order valence-corrected chi connectivity index (χ2v) is 5.27. The van der Waals surface area contributed by atoms with Gasteiger partial charge in [0.1, 0.15) is 12.1 Å². The molecule has 0 atom stereocenters. The highest BCUT2D eigenvalue weighted by atomic mass is 19.3. The Morgan fingerprint density at radius 3 is 2.39 bits per heavy atom. The molecule has 3 aromatic heterocycles. The molecule has 4 rings (SSSR count). The highest BCUT2D eigenvalue weighted by Gasteiger charge is 2.12. The molecule has 0 spiro atoms. The van der Waals surface area contributed by atoms with Gasteiger partial charge in [-0.2, -0.15) is 27.8 Å². The zero-order chi connectivity index (χ0) is 20.1. The summed E-state index contributed by atoms with van der Waals surface area (Å²) in [5.41, 5.74) is 2.31. The summed E-state index contributed by atoms with van der Waals surface area (Å²) in [6.07, 6.45) is 2.69. The van der Waals surface area contributed by atoms with Gasteiger partial charge in [0.25, 0.3) is 5.78 Å². The zero-order valence-electron chi connectivity index (χ0n) is 15.1. The molecule has 0 saturated heterocycles. The molecule has 1 aromatic carbocycles. The summed E-state index contributed by atoms with van der Waals surface area (Å²) in [5.74, 6) is -0.256. The van der Waals surface area contributed by atoms with Gasteiger partial charge in [0.05, 0.1) is 11.4 Å². The monoisotopic (exact) mass is 387 g/mol. The molecule has 0 N–H and O–H groups in total. The van der Waals surface area contributed by atoms with Gasteiger partial charge in [-0.25, -0.2) is 9.97 Å². The second-order valence-electron chi connectivity index (χ2n) is 5.27. The van der Waals surface area contributed by atoms with E-state index in [1.165, 1.54) is 35.2 Å².